The summed E-state index contributed by atoms with van der Waals surface area (Å²) in [5, 5.41) is 3.39. The Morgan fingerprint density at radius 3 is 2.41 bits per heavy atom. The number of nitrogens with one attached hydrogen (secondary N) is 1. The van der Waals surface area contributed by atoms with Crippen LogP contribution < -0.4 is 5.32 Å². The Bertz CT molecular complexity index is 187. The first-order chi connectivity index (χ1) is 8.26. The molecule has 1 rings (SSSR count). The highest BCUT2D eigenvalue weighted by Crippen LogP contribution is 2.36. The lowest BCUT2D eigenvalue weighted by molar-refractivity contribution is 0.238. The maximum Gasteiger partial charge on any atom is 0.00382 e. The zero-order chi connectivity index (χ0) is 12.6. The summed E-state index contributed by atoms with van der Waals surface area (Å²) < 4.78 is 0. The predicted molar refractivity (Wildman–Crippen MR) is 76.5 cm³/mol. The van der Waals surface area contributed by atoms with Gasteiger partial charge >= 0.3 is 0 Å². The minimum atomic E-state index is 0.657. The van der Waals surface area contributed by atoms with Crippen LogP contribution in [0.5, 0.6) is 0 Å². The first kappa shape index (κ1) is 15.0. The second-order valence-electron chi connectivity index (χ2n) is 5.65. The van der Waals surface area contributed by atoms with E-state index in [2.05, 4.69) is 31.0 Å². The SMILES string of the molecule is CCNCCCCCN1CCC(CC)(CC)C1. The van der Waals surface area contributed by atoms with E-state index < -0.39 is 0 Å². The quantitative estimate of drug-likeness (QED) is 0.622. The van der Waals surface area contributed by atoms with Gasteiger partial charge in [-0.1, -0.05) is 27.2 Å². The van der Waals surface area contributed by atoms with Crippen molar-refractivity contribution in [1.29, 1.82) is 0 Å². The molecule has 0 atom stereocenters. The van der Waals surface area contributed by atoms with Crippen molar-refractivity contribution in [3.8, 4) is 0 Å². The minimum absolute atomic E-state index is 0.657. The molecule has 0 radical (unpaired) electrons. The molecule has 0 aromatic rings. The second-order valence-corrected chi connectivity index (χ2v) is 5.65. The van der Waals surface area contributed by atoms with Crippen LogP contribution in [0.25, 0.3) is 0 Å². The Hall–Kier alpha value is -0.0800. The third-order valence-electron chi connectivity index (χ3n) is 4.60. The fourth-order valence-electron chi connectivity index (χ4n) is 2.98. The first-order valence-electron chi connectivity index (χ1n) is 7.69. The predicted octanol–water partition coefficient (Wildman–Crippen LogP) is 3.28. The van der Waals surface area contributed by atoms with Crippen molar-refractivity contribution in [3.05, 3.63) is 0 Å². The average molecular weight is 240 g/mol. The molecule has 1 N–H and O–H groups in total. The standard InChI is InChI=1S/C15H32N2/c1-4-15(5-2)10-13-17(14-15)12-9-7-8-11-16-6-3/h16H,4-14H2,1-3H3. The molecule has 2 heteroatoms. The number of nitrogens with zero attached hydrogens (tertiary/aromatic N) is 1. The van der Waals surface area contributed by atoms with Crippen molar-refractivity contribution in [2.75, 3.05) is 32.7 Å². The summed E-state index contributed by atoms with van der Waals surface area (Å²) in [4.78, 5) is 2.69. The summed E-state index contributed by atoms with van der Waals surface area (Å²) in [5.74, 6) is 0. The van der Waals surface area contributed by atoms with Crippen molar-refractivity contribution >= 4 is 0 Å². The van der Waals surface area contributed by atoms with Gasteiger partial charge in [-0.25, -0.2) is 0 Å². The van der Waals surface area contributed by atoms with E-state index >= 15 is 0 Å². The molecule has 1 aliphatic rings. The summed E-state index contributed by atoms with van der Waals surface area (Å²) >= 11 is 0. The van der Waals surface area contributed by atoms with Gasteiger partial charge in [-0.2, -0.15) is 0 Å². The van der Waals surface area contributed by atoms with E-state index in [-0.39, 0.29) is 0 Å². The van der Waals surface area contributed by atoms with Gasteiger partial charge in [0.2, 0.25) is 0 Å². The Morgan fingerprint density at radius 2 is 1.82 bits per heavy atom. The molecule has 0 aliphatic carbocycles. The lowest BCUT2D eigenvalue weighted by Gasteiger charge is -2.26. The number of hydrogen-bond donors (Lipinski definition) is 1. The lowest BCUT2D eigenvalue weighted by Crippen LogP contribution is -2.27. The van der Waals surface area contributed by atoms with Crippen molar-refractivity contribution in [1.82, 2.24) is 10.2 Å². The van der Waals surface area contributed by atoms with Crippen LogP contribution >= 0.6 is 0 Å². The van der Waals surface area contributed by atoms with Crippen LogP contribution in [0.15, 0.2) is 0 Å². The van der Waals surface area contributed by atoms with Crippen molar-refractivity contribution in [3.63, 3.8) is 0 Å². The Labute approximate surface area is 108 Å². The molecule has 1 fully saturated rings. The van der Waals surface area contributed by atoms with Gasteiger partial charge in [0.1, 0.15) is 0 Å². The first-order valence-corrected chi connectivity index (χ1v) is 7.69. The second kappa shape index (κ2) is 8.10. The molecule has 2 nitrogen and oxygen atoms in total. The number of hydrogen-bond acceptors (Lipinski definition) is 2. The number of rotatable bonds is 9. The summed E-state index contributed by atoms with van der Waals surface area (Å²) in [6.07, 6.45) is 8.26. The van der Waals surface area contributed by atoms with E-state index in [0.29, 0.717) is 5.41 Å². The number of unbranched alkanes of at least 4 members (excludes halogenated alkanes) is 2. The molecule has 0 saturated carbocycles. The zero-order valence-corrected chi connectivity index (χ0v) is 12.2. The Kier molecular flexibility index (Phi) is 7.14. The summed E-state index contributed by atoms with van der Waals surface area (Å²) in [5.41, 5.74) is 0.657. The van der Waals surface area contributed by atoms with Gasteiger partial charge in [0, 0.05) is 6.54 Å². The largest absolute Gasteiger partial charge is 0.317 e. The summed E-state index contributed by atoms with van der Waals surface area (Å²) in [6.45, 7) is 13.2. The van der Waals surface area contributed by atoms with Crippen LogP contribution in [0.3, 0.4) is 0 Å². The average Bonchev–Trinajstić information content (AvgIpc) is 2.78. The van der Waals surface area contributed by atoms with E-state index in [4.69, 9.17) is 0 Å². The highest BCUT2D eigenvalue weighted by Gasteiger charge is 2.34. The van der Waals surface area contributed by atoms with Gasteiger partial charge in [0.15, 0.2) is 0 Å². The summed E-state index contributed by atoms with van der Waals surface area (Å²) in [6, 6.07) is 0. The highest BCUT2D eigenvalue weighted by atomic mass is 15.2. The zero-order valence-electron chi connectivity index (χ0n) is 12.2. The van der Waals surface area contributed by atoms with E-state index in [1.807, 2.05) is 0 Å². The Balaban J connectivity index is 2.06. The van der Waals surface area contributed by atoms with Gasteiger partial charge in [0.05, 0.1) is 0 Å². The fourth-order valence-corrected chi connectivity index (χ4v) is 2.98. The van der Waals surface area contributed by atoms with E-state index in [0.717, 1.165) is 6.54 Å². The molecule has 0 bridgehead atoms. The molecular weight excluding hydrogens is 208 g/mol. The van der Waals surface area contributed by atoms with Crippen molar-refractivity contribution in [2.24, 2.45) is 5.41 Å². The van der Waals surface area contributed by atoms with Gasteiger partial charge in [0.25, 0.3) is 0 Å². The molecule has 1 aliphatic heterocycles. The van der Waals surface area contributed by atoms with Crippen LogP contribution in [-0.4, -0.2) is 37.6 Å². The third-order valence-corrected chi connectivity index (χ3v) is 4.60. The monoisotopic (exact) mass is 240 g/mol. The van der Waals surface area contributed by atoms with Gasteiger partial charge in [-0.15, -0.1) is 0 Å². The van der Waals surface area contributed by atoms with Crippen LogP contribution in [0.1, 0.15) is 59.3 Å². The third kappa shape index (κ3) is 4.97. The molecule has 1 saturated heterocycles. The summed E-state index contributed by atoms with van der Waals surface area (Å²) in [7, 11) is 0. The molecule has 1 heterocycles. The van der Waals surface area contributed by atoms with E-state index in [1.165, 1.54) is 64.7 Å². The molecule has 0 unspecified atom stereocenters. The highest BCUT2D eigenvalue weighted by molar-refractivity contribution is 4.87. The Morgan fingerprint density at radius 1 is 1.06 bits per heavy atom. The topological polar surface area (TPSA) is 15.3 Å². The fraction of sp³-hybridized carbons (Fsp3) is 1.00. The van der Waals surface area contributed by atoms with Crippen LogP contribution in [0.4, 0.5) is 0 Å². The maximum absolute atomic E-state index is 3.39. The molecule has 0 amide bonds. The van der Waals surface area contributed by atoms with Crippen LogP contribution in [0.2, 0.25) is 0 Å². The lowest BCUT2D eigenvalue weighted by atomic mass is 9.82. The van der Waals surface area contributed by atoms with Gasteiger partial charge in [-0.05, 0) is 63.7 Å². The van der Waals surface area contributed by atoms with Crippen molar-refractivity contribution < 1.29 is 0 Å². The molecule has 102 valence electrons. The molecule has 0 spiro atoms. The van der Waals surface area contributed by atoms with Crippen molar-refractivity contribution in [2.45, 2.75) is 59.3 Å². The normalized spacial score (nSPS) is 19.9. The molecule has 0 aromatic heterocycles. The number of likely N-dealkylation sites (tertiary alicyclic amines) is 1. The molecular formula is C15H32N2. The minimum Gasteiger partial charge on any atom is -0.317 e. The van der Waals surface area contributed by atoms with E-state index in [1.54, 1.807) is 0 Å². The maximum atomic E-state index is 3.39. The van der Waals surface area contributed by atoms with E-state index in [9.17, 15) is 0 Å². The molecule has 0 aromatic carbocycles. The van der Waals surface area contributed by atoms with Gasteiger partial charge in [-0.3, -0.25) is 0 Å². The van der Waals surface area contributed by atoms with Gasteiger partial charge < -0.3 is 10.2 Å². The van der Waals surface area contributed by atoms with Crippen LogP contribution in [-0.2, 0) is 0 Å². The smallest absolute Gasteiger partial charge is 0.00382 e. The molecule has 17 heavy (non-hydrogen) atoms. The van der Waals surface area contributed by atoms with Crippen LogP contribution in [0, 0.1) is 5.41 Å².